The van der Waals surface area contributed by atoms with Crippen molar-refractivity contribution in [2.45, 2.75) is 10.9 Å². The predicted molar refractivity (Wildman–Crippen MR) is 77.2 cm³/mol. The van der Waals surface area contributed by atoms with Crippen molar-refractivity contribution in [1.82, 2.24) is 14.9 Å². The molecular formula is C13H16ClN3S. The van der Waals surface area contributed by atoms with E-state index in [-0.39, 0.29) is 6.04 Å². The Bertz CT molecular complexity index is 512. The number of hydrogen-bond donors (Lipinski definition) is 1. The lowest BCUT2D eigenvalue weighted by Gasteiger charge is -2.13. The summed E-state index contributed by atoms with van der Waals surface area (Å²) in [5.41, 5.74) is 1.06. The van der Waals surface area contributed by atoms with Gasteiger partial charge in [0, 0.05) is 23.9 Å². The number of aromatic nitrogens is 2. The Hall–Kier alpha value is -0.970. The largest absolute Gasteiger partial charge is 0.340 e. The predicted octanol–water partition coefficient (Wildman–Crippen LogP) is 3.13. The number of imidazole rings is 1. The van der Waals surface area contributed by atoms with Crippen LogP contribution in [0.3, 0.4) is 0 Å². The summed E-state index contributed by atoms with van der Waals surface area (Å²) >= 11 is 7.88. The van der Waals surface area contributed by atoms with Crippen molar-refractivity contribution in [2.75, 3.05) is 12.8 Å². The van der Waals surface area contributed by atoms with Crippen LogP contribution in [0.5, 0.6) is 0 Å². The number of nitrogens with zero attached hydrogens (tertiary/aromatic N) is 2. The van der Waals surface area contributed by atoms with Gasteiger partial charge in [0.1, 0.15) is 0 Å². The van der Waals surface area contributed by atoms with Crippen LogP contribution < -0.4 is 5.32 Å². The number of nitrogens with one attached hydrogen (secondary N) is 1. The number of thioether (sulfide) groups is 1. The van der Waals surface area contributed by atoms with Crippen LogP contribution in [0.15, 0.2) is 41.7 Å². The molecule has 2 aromatic rings. The van der Waals surface area contributed by atoms with Crippen LogP contribution in [0.25, 0.3) is 0 Å². The van der Waals surface area contributed by atoms with Gasteiger partial charge in [-0.25, -0.2) is 4.98 Å². The Morgan fingerprint density at radius 2 is 2.22 bits per heavy atom. The molecule has 0 fully saturated rings. The molecule has 0 saturated heterocycles. The van der Waals surface area contributed by atoms with Gasteiger partial charge in [0.2, 0.25) is 0 Å². The van der Waals surface area contributed by atoms with Crippen LogP contribution in [-0.4, -0.2) is 22.4 Å². The molecule has 1 aromatic carbocycles. The number of benzene rings is 1. The molecule has 0 amide bonds. The van der Waals surface area contributed by atoms with Crippen LogP contribution >= 0.6 is 23.4 Å². The molecule has 5 heteroatoms. The van der Waals surface area contributed by atoms with Gasteiger partial charge in [-0.1, -0.05) is 23.7 Å². The van der Waals surface area contributed by atoms with Crippen molar-refractivity contribution >= 4 is 23.4 Å². The number of halogens is 1. The highest BCUT2D eigenvalue weighted by Gasteiger charge is 2.13. The monoisotopic (exact) mass is 281 g/mol. The summed E-state index contributed by atoms with van der Waals surface area (Å²) in [5.74, 6) is 0.900. The van der Waals surface area contributed by atoms with Crippen molar-refractivity contribution in [3.63, 3.8) is 0 Å². The molecule has 1 atom stereocenters. The zero-order chi connectivity index (χ0) is 13.0. The van der Waals surface area contributed by atoms with Crippen molar-refractivity contribution in [3.8, 4) is 0 Å². The minimum absolute atomic E-state index is 0.229. The fourth-order valence-electron chi connectivity index (χ4n) is 1.66. The molecule has 1 aromatic heterocycles. The van der Waals surface area contributed by atoms with Crippen LogP contribution in [0.2, 0.25) is 5.02 Å². The first kappa shape index (κ1) is 13.5. The van der Waals surface area contributed by atoms with E-state index in [2.05, 4.69) is 10.3 Å². The van der Waals surface area contributed by atoms with E-state index in [1.54, 1.807) is 11.8 Å². The lowest BCUT2D eigenvalue weighted by atomic mass is 10.2. The number of hydrogen-bond acceptors (Lipinski definition) is 3. The maximum absolute atomic E-state index is 6.14. The lowest BCUT2D eigenvalue weighted by Crippen LogP contribution is -2.19. The minimum atomic E-state index is 0.229. The van der Waals surface area contributed by atoms with Crippen molar-refractivity contribution in [1.29, 1.82) is 0 Å². The van der Waals surface area contributed by atoms with E-state index in [1.807, 2.05) is 55.5 Å². The summed E-state index contributed by atoms with van der Waals surface area (Å²) < 4.78 is 1.96. The highest BCUT2D eigenvalue weighted by Crippen LogP contribution is 2.29. The molecule has 1 unspecified atom stereocenters. The lowest BCUT2D eigenvalue weighted by molar-refractivity contribution is 0.645. The fourth-order valence-corrected chi connectivity index (χ4v) is 3.03. The first-order valence-electron chi connectivity index (χ1n) is 5.73. The molecule has 0 saturated carbocycles. The van der Waals surface area contributed by atoms with Gasteiger partial charge in [-0.05, 0) is 19.2 Å². The second kappa shape index (κ2) is 6.27. The molecule has 0 aliphatic carbocycles. The van der Waals surface area contributed by atoms with Crippen molar-refractivity contribution in [3.05, 3.63) is 47.5 Å². The Morgan fingerprint density at radius 1 is 1.44 bits per heavy atom. The molecule has 96 valence electrons. The second-order valence-corrected chi connectivity index (χ2v) is 5.52. The summed E-state index contributed by atoms with van der Waals surface area (Å²) in [5, 5.41) is 4.09. The Labute approximate surface area is 117 Å². The van der Waals surface area contributed by atoms with Crippen LogP contribution in [0.1, 0.15) is 11.7 Å². The normalized spacial score (nSPS) is 12.6. The Balaban J connectivity index is 2.02. The molecule has 0 aliphatic heterocycles. The van der Waals surface area contributed by atoms with Crippen LogP contribution in [0.4, 0.5) is 0 Å². The molecule has 0 radical (unpaired) electrons. The second-order valence-electron chi connectivity index (χ2n) is 4.05. The highest BCUT2D eigenvalue weighted by molar-refractivity contribution is 7.99. The molecular weight excluding hydrogens is 266 g/mol. The molecule has 1 heterocycles. The van der Waals surface area contributed by atoms with E-state index in [0.29, 0.717) is 0 Å². The Morgan fingerprint density at radius 3 is 2.83 bits per heavy atom. The summed E-state index contributed by atoms with van der Waals surface area (Å²) in [6, 6.07) is 8.13. The smallest absolute Gasteiger partial charge is 0.0947 e. The summed E-state index contributed by atoms with van der Waals surface area (Å²) in [7, 11) is 3.93. The van der Waals surface area contributed by atoms with Crippen molar-refractivity contribution in [2.24, 2.45) is 7.05 Å². The van der Waals surface area contributed by atoms with Gasteiger partial charge in [0.15, 0.2) is 0 Å². The number of aryl methyl sites for hydroxylation is 1. The van der Waals surface area contributed by atoms with Gasteiger partial charge < -0.3 is 9.88 Å². The average Bonchev–Trinajstić information content (AvgIpc) is 2.79. The van der Waals surface area contributed by atoms with Gasteiger partial charge in [-0.3, -0.25) is 0 Å². The van der Waals surface area contributed by atoms with Gasteiger partial charge in [0.05, 0.1) is 23.1 Å². The summed E-state index contributed by atoms with van der Waals surface area (Å²) in [4.78, 5) is 5.48. The maximum Gasteiger partial charge on any atom is 0.0947 e. The molecule has 2 rings (SSSR count). The molecule has 0 spiro atoms. The molecule has 0 aliphatic rings. The fraction of sp³-hybridized carbons (Fsp3) is 0.308. The van der Waals surface area contributed by atoms with E-state index in [0.717, 1.165) is 21.4 Å². The third-order valence-electron chi connectivity index (χ3n) is 2.67. The summed E-state index contributed by atoms with van der Waals surface area (Å²) in [6.07, 6.45) is 3.86. The third kappa shape index (κ3) is 3.28. The van der Waals surface area contributed by atoms with E-state index >= 15 is 0 Å². The van der Waals surface area contributed by atoms with Gasteiger partial charge in [-0.15, -0.1) is 11.8 Å². The quantitative estimate of drug-likeness (QED) is 0.854. The van der Waals surface area contributed by atoms with E-state index in [4.69, 9.17) is 11.6 Å². The summed E-state index contributed by atoms with van der Waals surface area (Å²) in [6.45, 7) is 0. The van der Waals surface area contributed by atoms with Gasteiger partial charge in [-0.2, -0.15) is 0 Å². The third-order valence-corrected chi connectivity index (χ3v) is 4.28. The molecule has 3 nitrogen and oxygen atoms in total. The van der Waals surface area contributed by atoms with E-state index < -0.39 is 0 Å². The maximum atomic E-state index is 6.14. The van der Waals surface area contributed by atoms with Crippen LogP contribution in [-0.2, 0) is 7.05 Å². The SMILES string of the molecule is CNC(CSc1ccccc1Cl)c1cn(C)cn1. The Kier molecular flexibility index (Phi) is 4.69. The zero-order valence-electron chi connectivity index (χ0n) is 10.4. The highest BCUT2D eigenvalue weighted by atomic mass is 35.5. The minimum Gasteiger partial charge on any atom is -0.340 e. The molecule has 0 bridgehead atoms. The van der Waals surface area contributed by atoms with Gasteiger partial charge >= 0.3 is 0 Å². The standard InChI is InChI=1S/C13H16ClN3S/c1-15-12(11-7-17(2)9-16-11)8-18-13-6-4-3-5-10(13)14/h3-7,9,12,15H,8H2,1-2H3. The van der Waals surface area contributed by atoms with E-state index in [9.17, 15) is 0 Å². The average molecular weight is 282 g/mol. The first-order chi connectivity index (χ1) is 8.70. The topological polar surface area (TPSA) is 29.9 Å². The van der Waals surface area contributed by atoms with Gasteiger partial charge in [0.25, 0.3) is 0 Å². The molecule has 18 heavy (non-hydrogen) atoms. The van der Waals surface area contributed by atoms with Crippen LogP contribution in [0, 0.1) is 0 Å². The first-order valence-corrected chi connectivity index (χ1v) is 7.09. The number of rotatable bonds is 5. The zero-order valence-corrected chi connectivity index (χ0v) is 12.0. The molecule has 1 N–H and O–H groups in total. The van der Waals surface area contributed by atoms with E-state index in [1.165, 1.54) is 0 Å². The van der Waals surface area contributed by atoms with Crippen molar-refractivity contribution < 1.29 is 0 Å².